The summed E-state index contributed by atoms with van der Waals surface area (Å²) in [5, 5.41) is 13.0. The molecule has 1 N–H and O–H groups in total. The summed E-state index contributed by atoms with van der Waals surface area (Å²) >= 11 is 0. The fraction of sp³-hybridized carbons (Fsp3) is 0.625. The van der Waals surface area contributed by atoms with E-state index in [1.807, 2.05) is 11.7 Å². The predicted molar refractivity (Wildman–Crippen MR) is 82.7 cm³/mol. The van der Waals surface area contributed by atoms with E-state index in [0.29, 0.717) is 12.0 Å². The molecule has 2 aromatic heterocycles. The lowest BCUT2D eigenvalue weighted by Gasteiger charge is -2.26. The molecule has 0 saturated heterocycles. The minimum absolute atomic E-state index is 0.317. The van der Waals surface area contributed by atoms with Gasteiger partial charge in [-0.15, -0.1) is 0 Å². The Kier molecular flexibility index (Phi) is 2.68. The van der Waals surface area contributed by atoms with Gasteiger partial charge in [-0.05, 0) is 32.6 Å². The highest BCUT2D eigenvalue weighted by Gasteiger charge is 2.38. The molecule has 3 heterocycles. The molecule has 0 spiro atoms. The first-order valence-corrected chi connectivity index (χ1v) is 7.89. The average Bonchev–Trinajstić information content (AvgIpc) is 2.92. The van der Waals surface area contributed by atoms with Crippen molar-refractivity contribution in [1.82, 2.24) is 19.6 Å². The zero-order valence-electron chi connectivity index (χ0n) is 13.2. The topological polar surface area (TPSA) is 47.7 Å². The number of hydrogen-bond acceptors (Lipinski definition) is 3. The molecule has 2 aromatic rings. The number of rotatable bonds is 2. The first-order valence-electron chi connectivity index (χ1n) is 7.89. The Labute approximate surface area is 125 Å². The largest absolute Gasteiger partial charge is 0.370 e. The van der Waals surface area contributed by atoms with E-state index in [-0.39, 0.29) is 0 Å². The summed E-state index contributed by atoms with van der Waals surface area (Å²) in [6.07, 6.45) is 2.35. The minimum atomic E-state index is 0.317. The van der Waals surface area contributed by atoms with Crippen molar-refractivity contribution in [2.24, 2.45) is 13.0 Å². The Hall–Kier alpha value is -1.78. The molecule has 0 amide bonds. The van der Waals surface area contributed by atoms with Crippen molar-refractivity contribution >= 4 is 5.82 Å². The smallest absolute Gasteiger partial charge is 0.125 e. The Morgan fingerprint density at radius 1 is 1.29 bits per heavy atom. The lowest BCUT2D eigenvalue weighted by Crippen LogP contribution is -2.25. The highest BCUT2D eigenvalue weighted by atomic mass is 15.4. The van der Waals surface area contributed by atoms with Crippen molar-refractivity contribution in [3.63, 3.8) is 0 Å². The molecule has 2 aliphatic rings. The maximum Gasteiger partial charge on any atom is 0.125 e. The lowest BCUT2D eigenvalue weighted by atomic mass is 10.0. The van der Waals surface area contributed by atoms with Crippen molar-refractivity contribution in [3.8, 4) is 0 Å². The van der Waals surface area contributed by atoms with E-state index in [0.717, 1.165) is 24.6 Å². The summed E-state index contributed by atoms with van der Waals surface area (Å²) in [6.45, 7) is 7.58. The molecule has 0 radical (unpaired) electrons. The molecule has 1 aliphatic carbocycles. The fourth-order valence-electron chi connectivity index (χ4n) is 3.70. The van der Waals surface area contributed by atoms with Crippen LogP contribution in [0.2, 0.25) is 0 Å². The van der Waals surface area contributed by atoms with Gasteiger partial charge in [0.25, 0.3) is 0 Å². The summed E-state index contributed by atoms with van der Waals surface area (Å²) in [6, 6.07) is 2.57. The SMILES string of the molecule is Cc1nn(C)c(C)c1C1CCNc2cc(C3CC3C)nn21. The second-order valence-electron chi connectivity index (χ2n) is 6.66. The van der Waals surface area contributed by atoms with Gasteiger partial charge in [-0.1, -0.05) is 6.92 Å². The first kappa shape index (κ1) is 12.9. The molecular weight excluding hydrogens is 262 g/mol. The summed E-state index contributed by atoms with van der Waals surface area (Å²) in [5.41, 5.74) is 4.99. The molecule has 5 heteroatoms. The van der Waals surface area contributed by atoms with Gasteiger partial charge in [0.2, 0.25) is 0 Å². The van der Waals surface area contributed by atoms with Gasteiger partial charge >= 0.3 is 0 Å². The predicted octanol–water partition coefficient (Wildman–Crippen LogP) is 2.76. The van der Waals surface area contributed by atoms with Gasteiger partial charge < -0.3 is 5.32 Å². The van der Waals surface area contributed by atoms with Crippen molar-refractivity contribution in [1.29, 1.82) is 0 Å². The maximum absolute atomic E-state index is 4.93. The third kappa shape index (κ3) is 1.90. The van der Waals surface area contributed by atoms with Crippen molar-refractivity contribution < 1.29 is 0 Å². The molecule has 21 heavy (non-hydrogen) atoms. The number of nitrogens with one attached hydrogen (secondary N) is 1. The second-order valence-corrected chi connectivity index (χ2v) is 6.66. The zero-order chi connectivity index (χ0) is 14.7. The summed E-state index contributed by atoms with van der Waals surface area (Å²) in [7, 11) is 2.02. The van der Waals surface area contributed by atoms with Crippen LogP contribution in [0.4, 0.5) is 5.82 Å². The maximum atomic E-state index is 4.93. The van der Waals surface area contributed by atoms with Gasteiger partial charge in [-0.25, -0.2) is 4.68 Å². The van der Waals surface area contributed by atoms with Crippen molar-refractivity contribution in [2.45, 2.75) is 45.6 Å². The van der Waals surface area contributed by atoms with Gasteiger partial charge in [0.05, 0.1) is 17.4 Å². The monoisotopic (exact) mass is 285 g/mol. The Morgan fingerprint density at radius 2 is 2.05 bits per heavy atom. The Morgan fingerprint density at radius 3 is 2.67 bits per heavy atom. The third-order valence-electron chi connectivity index (χ3n) is 5.16. The van der Waals surface area contributed by atoms with Gasteiger partial charge in [-0.2, -0.15) is 10.2 Å². The summed E-state index contributed by atoms with van der Waals surface area (Å²) in [5.74, 6) is 2.63. The number of anilines is 1. The van der Waals surface area contributed by atoms with Gasteiger partial charge in [-0.3, -0.25) is 4.68 Å². The van der Waals surface area contributed by atoms with Crippen LogP contribution in [0.1, 0.15) is 54.4 Å². The van der Waals surface area contributed by atoms with Crippen LogP contribution in [-0.4, -0.2) is 26.1 Å². The summed E-state index contributed by atoms with van der Waals surface area (Å²) in [4.78, 5) is 0. The van der Waals surface area contributed by atoms with Crippen LogP contribution in [0, 0.1) is 19.8 Å². The van der Waals surface area contributed by atoms with E-state index in [1.54, 1.807) is 0 Å². The normalized spacial score (nSPS) is 27.3. The number of aromatic nitrogens is 4. The number of aryl methyl sites for hydroxylation is 2. The molecule has 1 saturated carbocycles. The van der Waals surface area contributed by atoms with E-state index < -0.39 is 0 Å². The van der Waals surface area contributed by atoms with Crippen LogP contribution in [0.5, 0.6) is 0 Å². The first-order chi connectivity index (χ1) is 10.1. The molecule has 1 fully saturated rings. The van der Waals surface area contributed by atoms with Gasteiger partial charge in [0, 0.05) is 36.8 Å². The molecule has 1 aliphatic heterocycles. The molecule has 5 nitrogen and oxygen atoms in total. The Balaban J connectivity index is 1.77. The Bertz CT molecular complexity index is 696. The van der Waals surface area contributed by atoms with E-state index in [9.17, 15) is 0 Å². The molecule has 3 atom stereocenters. The average molecular weight is 285 g/mol. The molecule has 112 valence electrons. The van der Waals surface area contributed by atoms with Crippen LogP contribution >= 0.6 is 0 Å². The van der Waals surface area contributed by atoms with Crippen LogP contribution in [-0.2, 0) is 7.05 Å². The van der Waals surface area contributed by atoms with Gasteiger partial charge in [0.15, 0.2) is 0 Å². The van der Waals surface area contributed by atoms with Crippen molar-refractivity contribution in [3.05, 3.63) is 28.7 Å². The molecule has 0 aromatic carbocycles. The summed E-state index contributed by atoms with van der Waals surface area (Å²) < 4.78 is 4.18. The quantitative estimate of drug-likeness (QED) is 0.923. The number of nitrogens with zero attached hydrogens (tertiary/aromatic N) is 4. The minimum Gasteiger partial charge on any atom is -0.370 e. The lowest BCUT2D eigenvalue weighted by molar-refractivity contribution is 0.473. The molecular formula is C16H23N5. The molecule has 4 rings (SSSR count). The number of fused-ring (bicyclic) bond motifs is 1. The highest BCUT2D eigenvalue weighted by molar-refractivity contribution is 5.44. The standard InChI is InChI=1S/C16H23N5/c1-9-7-12(9)13-8-15-17-6-5-14(21(15)19-13)16-10(2)18-20(4)11(16)3/h8-9,12,14,17H,5-7H2,1-4H3. The van der Waals surface area contributed by atoms with Crippen LogP contribution in [0.25, 0.3) is 0 Å². The number of hydrogen-bond donors (Lipinski definition) is 1. The van der Waals surface area contributed by atoms with E-state index >= 15 is 0 Å². The van der Waals surface area contributed by atoms with E-state index in [1.165, 1.54) is 29.2 Å². The van der Waals surface area contributed by atoms with Crippen LogP contribution in [0.3, 0.4) is 0 Å². The van der Waals surface area contributed by atoms with E-state index in [4.69, 9.17) is 5.10 Å². The van der Waals surface area contributed by atoms with Crippen LogP contribution in [0.15, 0.2) is 6.07 Å². The zero-order valence-corrected chi connectivity index (χ0v) is 13.2. The second kappa shape index (κ2) is 4.36. The fourth-order valence-corrected chi connectivity index (χ4v) is 3.70. The molecule has 0 bridgehead atoms. The van der Waals surface area contributed by atoms with Crippen molar-refractivity contribution in [2.75, 3.05) is 11.9 Å². The molecule has 3 unspecified atom stereocenters. The van der Waals surface area contributed by atoms with Gasteiger partial charge in [0.1, 0.15) is 5.82 Å². The highest BCUT2D eigenvalue weighted by Crippen LogP contribution is 2.47. The third-order valence-corrected chi connectivity index (χ3v) is 5.16. The van der Waals surface area contributed by atoms with E-state index in [2.05, 4.69) is 41.9 Å². The van der Waals surface area contributed by atoms with Crippen LogP contribution < -0.4 is 5.32 Å².